The second-order valence-corrected chi connectivity index (χ2v) is 4.07. The van der Waals surface area contributed by atoms with E-state index >= 15 is 0 Å². The van der Waals surface area contributed by atoms with Crippen LogP contribution in [0, 0.1) is 18.7 Å². The van der Waals surface area contributed by atoms with E-state index in [1.165, 1.54) is 5.56 Å². The lowest BCUT2D eigenvalue weighted by molar-refractivity contribution is 0.267. The van der Waals surface area contributed by atoms with E-state index in [2.05, 4.69) is 18.0 Å². The van der Waals surface area contributed by atoms with E-state index < -0.39 is 0 Å². The largest absolute Gasteiger partial charge is 0.485 e. The zero-order valence-corrected chi connectivity index (χ0v) is 10.1. The minimum absolute atomic E-state index is 0.374. The predicted molar refractivity (Wildman–Crippen MR) is 64.1 cm³/mol. The summed E-state index contributed by atoms with van der Waals surface area (Å²) < 4.78 is 10.8. The molecule has 2 rings (SSSR count). The molecule has 0 unspecified atom stereocenters. The number of ether oxygens (including phenoxy) is 1. The maximum atomic E-state index is 5.63. The SMILES string of the molecule is Cc1ccc(OCc2c[nH]c(=S)o2)c(C)c1. The Bertz CT molecular complexity index is 542. The van der Waals surface area contributed by atoms with Gasteiger partial charge in [0, 0.05) is 6.20 Å². The van der Waals surface area contributed by atoms with Gasteiger partial charge in [-0.3, -0.25) is 0 Å². The van der Waals surface area contributed by atoms with Gasteiger partial charge in [-0.2, -0.15) is 0 Å². The van der Waals surface area contributed by atoms with Crippen LogP contribution in [0.4, 0.5) is 0 Å². The normalized spacial score (nSPS) is 10.4. The second kappa shape index (κ2) is 4.53. The Balaban J connectivity index is 2.07. The fourth-order valence-electron chi connectivity index (χ4n) is 1.50. The Labute approximate surface area is 99.1 Å². The van der Waals surface area contributed by atoms with Crippen LogP contribution in [-0.4, -0.2) is 4.98 Å². The van der Waals surface area contributed by atoms with Crippen LogP contribution in [0.5, 0.6) is 5.75 Å². The summed E-state index contributed by atoms with van der Waals surface area (Å²) in [6, 6.07) is 6.07. The van der Waals surface area contributed by atoms with Gasteiger partial charge in [-0.15, -0.1) is 0 Å². The Hall–Kier alpha value is -1.55. The topological polar surface area (TPSA) is 38.2 Å². The minimum atomic E-state index is 0.374. The molecule has 4 heteroatoms. The van der Waals surface area contributed by atoms with E-state index in [1.54, 1.807) is 6.20 Å². The molecule has 1 aromatic carbocycles. The van der Waals surface area contributed by atoms with Crippen molar-refractivity contribution in [3.05, 3.63) is 46.1 Å². The highest BCUT2D eigenvalue weighted by molar-refractivity contribution is 7.71. The van der Waals surface area contributed by atoms with Crippen molar-refractivity contribution in [2.75, 3.05) is 0 Å². The molecule has 84 valence electrons. The van der Waals surface area contributed by atoms with E-state index in [4.69, 9.17) is 21.4 Å². The van der Waals surface area contributed by atoms with Crippen LogP contribution in [-0.2, 0) is 6.61 Å². The molecule has 0 saturated carbocycles. The first-order chi connectivity index (χ1) is 7.65. The van der Waals surface area contributed by atoms with Gasteiger partial charge in [-0.05, 0) is 37.7 Å². The number of aromatic amines is 1. The number of rotatable bonds is 3. The standard InChI is InChI=1S/C12H13NO2S/c1-8-3-4-11(9(2)5-8)14-7-10-6-13-12(16)15-10/h3-6H,7H2,1-2H3,(H,13,16). The van der Waals surface area contributed by atoms with E-state index in [0.29, 0.717) is 17.2 Å². The van der Waals surface area contributed by atoms with Crippen LogP contribution in [0.1, 0.15) is 16.9 Å². The zero-order valence-electron chi connectivity index (χ0n) is 9.24. The van der Waals surface area contributed by atoms with Crippen molar-refractivity contribution in [1.29, 1.82) is 0 Å². The number of aryl methyl sites for hydroxylation is 2. The molecule has 0 spiro atoms. The van der Waals surface area contributed by atoms with Crippen LogP contribution in [0.3, 0.4) is 0 Å². The van der Waals surface area contributed by atoms with Crippen LogP contribution < -0.4 is 4.74 Å². The van der Waals surface area contributed by atoms with Crippen molar-refractivity contribution in [2.45, 2.75) is 20.5 Å². The van der Waals surface area contributed by atoms with Gasteiger partial charge in [0.05, 0.1) is 0 Å². The fourth-order valence-corrected chi connectivity index (χ4v) is 1.66. The molecule has 0 aliphatic rings. The van der Waals surface area contributed by atoms with Crippen LogP contribution in [0.15, 0.2) is 28.8 Å². The smallest absolute Gasteiger partial charge is 0.266 e. The van der Waals surface area contributed by atoms with Crippen LogP contribution in [0.2, 0.25) is 0 Å². The maximum Gasteiger partial charge on any atom is 0.266 e. The molecule has 1 aromatic heterocycles. The summed E-state index contributed by atoms with van der Waals surface area (Å²) >= 11 is 4.83. The van der Waals surface area contributed by atoms with Crippen LogP contribution >= 0.6 is 12.2 Å². The molecule has 0 atom stereocenters. The van der Waals surface area contributed by atoms with Crippen molar-refractivity contribution < 1.29 is 9.15 Å². The van der Waals surface area contributed by atoms with Crippen LogP contribution in [0.25, 0.3) is 0 Å². The summed E-state index contributed by atoms with van der Waals surface area (Å²) in [5.74, 6) is 1.57. The average molecular weight is 235 g/mol. The minimum Gasteiger partial charge on any atom is -0.485 e. The first-order valence-electron chi connectivity index (χ1n) is 5.02. The second-order valence-electron chi connectivity index (χ2n) is 3.70. The first-order valence-corrected chi connectivity index (χ1v) is 5.43. The number of oxazole rings is 1. The average Bonchev–Trinajstić information content (AvgIpc) is 2.63. The molecule has 1 N–H and O–H groups in total. The molecule has 0 amide bonds. The molecule has 0 fully saturated rings. The van der Waals surface area contributed by atoms with Crippen molar-refractivity contribution in [2.24, 2.45) is 0 Å². The first kappa shape index (κ1) is 11.0. The van der Waals surface area contributed by atoms with Gasteiger partial charge in [-0.1, -0.05) is 17.7 Å². The Morgan fingerprint density at radius 2 is 2.19 bits per heavy atom. The van der Waals surface area contributed by atoms with E-state index in [0.717, 1.165) is 11.3 Å². The highest BCUT2D eigenvalue weighted by Crippen LogP contribution is 2.19. The number of hydrogen-bond donors (Lipinski definition) is 1. The third-order valence-corrected chi connectivity index (χ3v) is 2.48. The van der Waals surface area contributed by atoms with Gasteiger partial charge in [-0.25, -0.2) is 0 Å². The van der Waals surface area contributed by atoms with E-state index in [1.807, 2.05) is 19.1 Å². The lowest BCUT2D eigenvalue weighted by Crippen LogP contribution is -1.95. The van der Waals surface area contributed by atoms with Crippen molar-refractivity contribution in [3.8, 4) is 5.75 Å². The molecule has 16 heavy (non-hydrogen) atoms. The number of aromatic nitrogens is 1. The molecular weight excluding hydrogens is 222 g/mol. The quantitative estimate of drug-likeness (QED) is 0.827. The predicted octanol–water partition coefficient (Wildman–Crippen LogP) is 3.53. The Kier molecular flexibility index (Phi) is 3.10. The maximum absolute atomic E-state index is 5.63. The van der Waals surface area contributed by atoms with Gasteiger partial charge < -0.3 is 14.1 Å². The zero-order chi connectivity index (χ0) is 11.5. The van der Waals surface area contributed by atoms with Gasteiger partial charge in [0.2, 0.25) is 0 Å². The molecule has 0 radical (unpaired) electrons. The number of H-pyrrole nitrogens is 1. The summed E-state index contributed by atoms with van der Waals surface area (Å²) in [6.07, 6.45) is 1.71. The third-order valence-electron chi connectivity index (χ3n) is 2.28. The van der Waals surface area contributed by atoms with Crippen molar-refractivity contribution in [1.82, 2.24) is 4.98 Å². The fraction of sp³-hybridized carbons (Fsp3) is 0.250. The van der Waals surface area contributed by atoms with Gasteiger partial charge in [0.15, 0.2) is 5.76 Å². The molecule has 0 bridgehead atoms. The lowest BCUT2D eigenvalue weighted by atomic mass is 10.1. The molecule has 3 nitrogen and oxygen atoms in total. The number of benzene rings is 1. The number of hydrogen-bond acceptors (Lipinski definition) is 3. The van der Waals surface area contributed by atoms with E-state index in [9.17, 15) is 0 Å². The van der Waals surface area contributed by atoms with E-state index in [-0.39, 0.29) is 0 Å². The summed E-state index contributed by atoms with van der Waals surface area (Å²) in [4.78, 5) is 3.17. The molecule has 2 aromatic rings. The van der Waals surface area contributed by atoms with Gasteiger partial charge in [0.25, 0.3) is 4.84 Å². The highest BCUT2D eigenvalue weighted by atomic mass is 32.1. The molecule has 1 heterocycles. The summed E-state index contributed by atoms with van der Waals surface area (Å²) in [5, 5.41) is 0. The van der Waals surface area contributed by atoms with Crippen molar-refractivity contribution >= 4 is 12.2 Å². The summed E-state index contributed by atoms with van der Waals surface area (Å²) in [7, 11) is 0. The Morgan fingerprint density at radius 1 is 1.38 bits per heavy atom. The van der Waals surface area contributed by atoms with Gasteiger partial charge in [0.1, 0.15) is 12.4 Å². The molecule has 0 aliphatic carbocycles. The Morgan fingerprint density at radius 3 is 2.81 bits per heavy atom. The highest BCUT2D eigenvalue weighted by Gasteiger charge is 2.02. The lowest BCUT2D eigenvalue weighted by Gasteiger charge is -2.07. The summed E-state index contributed by atoms with van der Waals surface area (Å²) in [6.45, 7) is 4.47. The number of nitrogens with one attached hydrogen (secondary N) is 1. The van der Waals surface area contributed by atoms with Gasteiger partial charge >= 0.3 is 0 Å². The molecule has 0 aliphatic heterocycles. The third kappa shape index (κ3) is 2.52. The molecule has 0 saturated heterocycles. The van der Waals surface area contributed by atoms with Crippen molar-refractivity contribution in [3.63, 3.8) is 0 Å². The summed E-state index contributed by atoms with van der Waals surface area (Å²) in [5.41, 5.74) is 2.35. The monoisotopic (exact) mass is 235 g/mol. The molecular formula is C12H13NO2S.